The Bertz CT molecular complexity index is 451. The molecular formula is C17H27NO3. The maximum Gasteiger partial charge on any atom is 0.337 e. The van der Waals surface area contributed by atoms with Crippen molar-refractivity contribution < 1.29 is 15.0 Å². The van der Waals surface area contributed by atoms with Crippen LogP contribution in [0.15, 0.2) is 35.9 Å². The fourth-order valence-electron chi connectivity index (χ4n) is 1.71. The first kappa shape index (κ1) is 19.2. The van der Waals surface area contributed by atoms with Gasteiger partial charge in [-0.15, -0.1) is 0 Å². The zero-order valence-corrected chi connectivity index (χ0v) is 13.2. The van der Waals surface area contributed by atoms with Crippen molar-refractivity contribution in [1.29, 1.82) is 0 Å². The van der Waals surface area contributed by atoms with Crippen LogP contribution in [0.2, 0.25) is 0 Å². The molecule has 0 fully saturated rings. The molecule has 0 heterocycles. The number of rotatable bonds is 6. The van der Waals surface area contributed by atoms with Gasteiger partial charge in [-0.05, 0) is 51.2 Å². The predicted molar refractivity (Wildman–Crippen MR) is 87.3 cm³/mol. The molecule has 21 heavy (non-hydrogen) atoms. The van der Waals surface area contributed by atoms with Gasteiger partial charge in [-0.3, -0.25) is 0 Å². The highest BCUT2D eigenvalue weighted by Crippen LogP contribution is 2.10. The highest BCUT2D eigenvalue weighted by Gasteiger charge is 2.03. The topological polar surface area (TPSA) is 83.5 Å². The predicted octanol–water partition coefficient (Wildman–Crippen LogP) is 3.72. The number of carboxylic acid groups (broad SMARTS) is 1. The van der Waals surface area contributed by atoms with E-state index in [1.807, 2.05) is 0 Å². The van der Waals surface area contributed by atoms with Crippen molar-refractivity contribution in [2.24, 2.45) is 5.92 Å². The number of nitrogens with two attached hydrogens (primary N) is 1. The van der Waals surface area contributed by atoms with Gasteiger partial charge in [0.1, 0.15) is 0 Å². The van der Waals surface area contributed by atoms with Crippen LogP contribution >= 0.6 is 0 Å². The van der Waals surface area contributed by atoms with E-state index in [0.29, 0.717) is 18.2 Å². The highest BCUT2D eigenvalue weighted by molar-refractivity contribution is 5.93. The van der Waals surface area contributed by atoms with Crippen molar-refractivity contribution in [2.75, 3.05) is 12.3 Å². The summed E-state index contributed by atoms with van der Waals surface area (Å²) < 4.78 is 0. The van der Waals surface area contributed by atoms with E-state index in [2.05, 4.69) is 26.8 Å². The summed E-state index contributed by atoms with van der Waals surface area (Å²) in [5.41, 5.74) is 7.19. The van der Waals surface area contributed by atoms with Crippen molar-refractivity contribution in [2.45, 2.75) is 40.0 Å². The van der Waals surface area contributed by atoms with E-state index in [-0.39, 0.29) is 5.56 Å². The molecule has 0 spiro atoms. The Hall–Kier alpha value is -1.81. The van der Waals surface area contributed by atoms with Gasteiger partial charge >= 0.3 is 5.97 Å². The molecule has 0 aliphatic carbocycles. The standard InChI is InChI=1S/C10H20O.C7H7NO2/c1-9(2)5-4-6-10(3)7-8-11;8-6-4-2-1-3-5(6)7(9)10/h5,10-11H,4,6-8H2,1-3H3;1-4H,8H2,(H,9,10). The van der Waals surface area contributed by atoms with Crippen LogP contribution in [0.4, 0.5) is 5.69 Å². The van der Waals surface area contributed by atoms with Gasteiger partial charge in [0.25, 0.3) is 0 Å². The Morgan fingerprint density at radius 1 is 1.29 bits per heavy atom. The lowest BCUT2D eigenvalue weighted by molar-refractivity contribution is 0.0698. The van der Waals surface area contributed by atoms with Crippen molar-refractivity contribution in [3.63, 3.8) is 0 Å². The van der Waals surface area contributed by atoms with Crippen molar-refractivity contribution in [3.05, 3.63) is 41.5 Å². The number of carboxylic acids is 1. The van der Waals surface area contributed by atoms with Gasteiger partial charge in [0, 0.05) is 12.3 Å². The number of anilines is 1. The first-order chi connectivity index (χ1) is 9.88. The van der Waals surface area contributed by atoms with Gasteiger partial charge in [0.05, 0.1) is 5.56 Å². The first-order valence-corrected chi connectivity index (χ1v) is 7.20. The summed E-state index contributed by atoms with van der Waals surface area (Å²) in [5, 5.41) is 17.1. The number of aliphatic hydroxyl groups is 1. The third-order valence-electron chi connectivity index (χ3n) is 3.03. The number of benzene rings is 1. The van der Waals surface area contributed by atoms with Crippen LogP contribution in [0.1, 0.15) is 50.4 Å². The van der Waals surface area contributed by atoms with Crippen LogP contribution in [-0.4, -0.2) is 22.8 Å². The maximum atomic E-state index is 10.3. The molecule has 4 heteroatoms. The number of para-hydroxylation sites is 1. The summed E-state index contributed by atoms with van der Waals surface area (Å²) in [4.78, 5) is 10.3. The Kier molecular flexibility index (Phi) is 9.98. The average Bonchev–Trinajstić information content (AvgIpc) is 2.39. The molecule has 0 aliphatic heterocycles. The number of aromatic carboxylic acids is 1. The number of aliphatic hydroxyl groups excluding tert-OH is 1. The van der Waals surface area contributed by atoms with Crippen LogP contribution < -0.4 is 5.73 Å². The molecular weight excluding hydrogens is 266 g/mol. The molecule has 0 aromatic heterocycles. The first-order valence-electron chi connectivity index (χ1n) is 7.20. The molecule has 4 N–H and O–H groups in total. The number of hydrogen-bond donors (Lipinski definition) is 3. The SMILES string of the molecule is CC(C)=CCCC(C)CCO.Nc1ccccc1C(=O)O. The number of carbonyl (C=O) groups is 1. The lowest BCUT2D eigenvalue weighted by Crippen LogP contribution is -2.00. The molecule has 0 amide bonds. The molecule has 1 unspecified atom stereocenters. The Morgan fingerprint density at radius 2 is 1.90 bits per heavy atom. The van der Waals surface area contributed by atoms with E-state index in [4.69, 9.17) is 15.9 Å². The maximum absolute atomic E-state index is 10.3. The van der Waals surface area contributed by atoms with Gasteiger partial charge in [-0.1, -0.05) is 30.7 Å². The molecule has 0 saturated heterocycles. The third kappa shape index (κ3) is 9.68. The van der Waals surface area contributed by atoms with Gasteiger partial charge in [0.2, 0.25) is 0 Å². The van der Waals surface area contributed by atoms with Crippen molar-refractivity contribution >= 4 is 11.7 Å². The summed E-state index contributed by atoms with van der Waals surface area (Å²) >= 11 is 0. The normalized spacial score (nSPS) is 11.0. The minimum atomic E-state index is -0.988. The van der Waals surface area contributed by atoms with E-state index in [0.717, 1.165) is 12.8 Å². The minimum absolute atomic E-state index is 0.155. The zero-order chi connectivity index (χ0) is 16.3. The zero-order valence-electron chi connectivity index (χ0n) is 13.2. The second-order valence-corrected chi connectivity index (χ2v) is 5.37. The molecule has 0 aliphatic rings. The van der Waals surface area contributed by atoms with E-state index >= 15 is 0 Å². The Labute approximate surface area is 127 Å². The van der Waals surface area contributed by atoms with Crippen LogP contribution in [-0.2, 0) is 0 Å². The van der Waals surface area contributed by atoms with Gasteiger partial charge < -0.3 is 15.9 Å². The van der Waals surface area contributed by atoms with Crippen LogP contribution in [0.25, 0.3) is 0 Å². The summed E-state index contributed by atoms with van der Waals surface area (Å²) in [6.45, 7) is 6.76. The van der Waals surface area contributed by atoms with Crippen molar-refractivity contribution in [3.8, 4) is 0 Å². The molecule has 4 nitrogen and oxygen atoms in total. The monoisotopic (exact) mass is 293 g/mol. The Balaban J connectivity index is 0.000000382. The van der Waals surface area contributed by atoms with E-state index in [1.54, 1.807) is 18.2 Å². The number of allylic oxidation sites excluding steroid dienone is 2. The molecule has 118 valence electrons. The molecule has 0 radical (unpaired) electrons. The van der Waals surface area contributed by atoms with Crippen LogP contribution in [0, 0.1) is 5.92 Å². The summed E-state index contributed by atoms with van der Waals surface area (Å²) in [5.74, 6) is -0.325. The largest absolute Gasteiger partial charge is 0.478 e. The second kappa shape index (κ2) is 10.9. The summed E-state index contributed by atoms with van der Waals surface area (Å²) in [6.07, 6.45) is 5.56. The Morgan fingerprint density at radius 3 is 2.33 bits per heavy atom. The molecule has 1 rings (SSSR count). The van der Waals surface area contributed by atoms with E-state index in [9.17, 15) is 4.79 Å². The second-order valence-electron chi connectivity index (χ2n) is 5.37. The summed E-state index contributed by atoms with van der Waals surface area (Å²) in [6, 6.07) is 6.36. The van der Waals surface area contributed by atoms with Crippen molar-refractivity contribution in [1.82, 2.24) is 0 Å². The lowest BCUT2D eigenvalue weighted by atomic mass is 10.0. The summed E-state index contributed by atoms with van der Waals surface area (Å²) in [7, 11) is 0. The number of nitrogen functional groups attached to an aromatic ring is 1. The van der Waals surface area contributed by atoms with Gasteiger partial charge in [0.15, 0.2) is 0 Å². The number of hydrogen-bond acceptors (Lipinski definition) is 3. The van der Waals surface area contributed by atoms with Gasteiger partial charge in [-0.25, -0.2) is 4.79 Å². The van der Waals surface area contributed by atoms with Crippen LogP contribution in [0.5, 0.6) is 0 Å². The lowest BCUT2D eigenvalue weighted by Gasteiger charge is -2.06. The fraction of sp³-hybridized carbons (Fsp3) is 0.471. The minimum Gasteiger partial charge on any atom is -0.478 e. The molecule has 1 aromatic rings. The molecule has 1 aromatic carbocycles. The van der Waals surface area contributed by atoms with Crippen LogP contribution in [0.3, 0.4) is 0 Å². The molecule has 0 bridgehead atoms. The van der Waals surface area contributed by atoms with E-state index < -0.39 is 5.97 Å². The fourth-order valence-corrected chi connectivity index (χ4v) is 1.71. The third-order valence-corrected chi connectivity index (χ3v) is 3.03. The van der Waals surface area contributed by atoms with E-state index in [1.165, 1.54) is 18.1 Å². The quantitative estimate of drug-likeness (QED) is 0.551. The van der Waals surface area contributed by atoms with Gasteiger partial charge in [-0.2, -0.15) is 0 Å². The smallest absolute Gasteiger partial charge is 0.337 e. The molecule has 0 saturated carbocycles. The average molecular weight is 293 g/mol. The highest BCUT2D eigenvalue weighted by atomic mass is 16.4. The molecule has 1 atom stereocenters.